The molecule has 0 heteroatoms. The van der Waals surface area contributed by atoms with Crippen molar-refractivity contribution in [3.63, 3.8) is 0 Å². The summed E-state index contributed by atoms with van der Waals surface area (Å²) < 4.78 is 0. The van der Waals surface area contributed by atoms with Crippen LogP contribution in [0.1, 0.15) is 33.4 Å². The second-order valence-corrected chi connectivity index (χ2v) is 5.21. The molecule has 2 aromatic rings. The first-order chi connectivity index (χ1) is 8.56. The molecule has 0 nitrogen and oxygen atoms in total. The van der Waals surface area contributed by atoms with E-state index >= 15 is 0 Å². The first-order valence-electron chi connectivity index (χ1n) is 6.53. The van der Waals surface area contributed by atoms with Crippen LogP contribution >= 0.6 is 0 Å². The van der Waals surface area contributed by atoms with Gasteiger partial charge in [-0.2, -0.15) is 0 Å². The fraction of sp³-hybridized carbons (Fsp3) is 0.278. The Morgan fingerprint density at radius 3 is 1.89 bits per heavy atom. The highest BCUT2D eigenvalue weighted by Crippen LogP contribution is 2.20. The molecule has 0 aromatic heterocycles. The molecule has 0 atom stereocenters. The van der Waals surface area contributed by atoms with E-state index in [9.17, 15) is 0 Å². The summed E-state index contributed by atoms with van der Waals surface area (Å²) in [6.45, 7) is 8.67. The maximum Gasteiger partial charge on any atom is -0.00440 e. The van der Waals surface area contributed by atoms with Gasteiger partial charge in [-0.1, -0.05) is 47.5 Å². The fourth-order valence-corrected chi connectivity index (χ4v) is 2.46. The normalized spacial score (nSPS) is 10.7. The van der Waals surface area contributed by atoms with Crippen LogP contribution in [0.2, 0.25) is 0 Å². The van der Waals surface area contributed by atoms with Crippen molar-refractivity contribution >= 4 is 0 Å². The molecule has 1 radical (unpaired) electrons. The van der Waals surface area contributed by atoms with Gasteiger partial charge in [0.1, 0.15) is 0 Å². The Bertz CT molecular complexity index is 509. The molecule has 2 rings (SSSR count). The molecule has 18 heavy (non-hydrogen) atoms. The van der Waals surface area contributed by atoms with Crippen molar-refractivity contribution in [2.75, 3.05) is 0 Å². The minimum Gasteiger partial charge on any atom is -0.0591 e. The standard InChI is InChI=1S/C18H21/c1-13-5-7-17(8-6-13)9-10-18-15(3)11-14(2)12-16(18)4/h5-8,10-12H,9H2,1-4H3. The van der Waals surface area contributed by atoms with Gasteiger partial charge in [-0.3, -0.25) is 0 Å². The summed E-state index contributed by atoms with van der Waals surface area (Å²) in [5, 5.41) is 0. The molecule has 0 spiro atoms. The van der Waals surface area contributed by atoms with E-state index < -0.39 is 0 Å². The van der Waals surface area contributed by atoms with E-state index in [1.807, 2.05) is 0 Å². The van der Waals surface area contributed by atoms with Gasteiger partial charge in [0.15, 0.2) is 0 Å². The molecule has 0 aliphatic carbocycles. The van der Waals surface area contributed by atoms with Gasteiger partial charge >= 0.3 is 0 Å². The largest absolute Gasteiger partial charge is 0.0591 e. The van der Waals surface area contributed by atoms with Crippen molar-refractivity contribution in [1.82, 2.24) is 0 Å². The van der Waals surface area contributed by atoms with Gasteiger partial charge < -0.3 is 0 Å². The number of benzene rings is 2. The molecule has 0 unspecified atom stereocenters. The molecule has 0 saturated carbocycles. The summed E-state index contributed by atoms with van der Waals surface area (Å²) in [7, 11) is 0. The Kier molecular flexibility index (Phi) is 3.86. The van der Waals surface area contributed by atoms with E-state index in [0.29, 0.717) is 0 Å². The van der Waals surface area contributed by atoms with Crippen LogP contribution in [0.3, 0.4) is 0 Å². The molecular formula is C18H21. The summed E-state index contributed by atoms with van der Waals surface area (Å²) in [4.78, 5) is 0. The molecule has 2 aromatic carbocycles. The fourth-order valence-electron chi connectivity index (χ4n) is 2.46. The molecular weight excluding hydrogens is 216 g/mol. The quantitative estimate of drug-likeness (QED) is 0.725. The smallest absolute Gasteiger partial charge is 0.00440 e. The molecule has 0 heterocycles. The predicted molar refractivity (Wildman–Crippen MR) is 78.9 cm³/mol. The summed E-state index contributed by atoms with van der Waals surface area (Å²) in [6, 6.07) is 13.3. The van der Waals surface area contributed by atoms with Crippen LogP contribution < -0.4 is 0 Å². The van der Waals surface area contributed by atoms with E-state index in [1.165, 1.54) is 33.4 Å². The van der Waals surface area contributed by atoms with Gasteiger partial charge in [0.05, 0.1) is 0 Å². The summed E-state index contributed by atoms with van der Waals surface area (Å²) in [6.07, 6.45) is 3.35. The first kappa shape index (κ1) is 12.9. The highest BCUT2D eigenvalue weighted by atomic mass is 14.1. The molecule has 0 amide bonds. The minimum absolute atomic E-state index is 1.00. The number of hydrogen-bond acceptors (Lipinski definition) is 0. The van der Waals surface area contributed by atoms with E-state index in [2.05, 4.69) is 70.5 Å². The number of rotatable bonds is 3. The van der Waals surface area contributed by atoms with Crippen molar-refractivity contribution in [3.05, 3.63) is 76.2 Å². The third-order valence-electron chi connectivity index (χ3n) is 3.40. The van der Waals surface area contributed by atoms with Crippen LogP contribution in [-0.4, -0.2) is 0 Å². The summed E-state index contributed by atoms with van der Waals surface area (Å²) in [5.41, 5.74) is 8.18. The Labute approximate surface area is 111 Å². The Morgan fingerprint density at radius 1 is 0.778 bits per heavy atom. The van der Waals surface area contributed by atoms with Crippen LogP contribution in [0.4, 0.5) is 0 Å². The highest BCUT2D eigenvalue weighted by Gasteiger charge is 2.04. The van der Waals surface area contributed by atoms with E-state index in [-0.39, 0.29) is 0 Å². The number of hydrogen-bond donors (Lipinski definition) is 0. The second kappa shape index (κ2) is 5.39. The third kappa shape index (κ3) is 3.01. The minimum atomic E-state index is 1.00. The maximum atomic E-state index is 2.34. The Hall–Kier alpha value is -1.56. The Balaban J connectivity index is 2.13. The lowest BCUT2D eigenvalue weighted by atomic mass is 9.94. The average Bonchev–Trinajstić information content (AvgIpc) is 2.30. The van der Waals surface area contributed by atoms with Gasteiger partial charge in [-0.15, -0.1) is 0 Å². The molecule has 0 N–H and O–H groups in total. The lowest BCUT2D eigenvalue weighted by molar-refractivity contribution is 1.12. The molecule has 93 valence electrons. The Morgan fingerprint density at radius 2 is 1.33 bits per heavy atom. The van der Waals surface area contributed by atoms with E-state index in [4.69, 9.17) is 0 Å². The predicted octanol–water partition coefficient (Wildman–Crippen LogP) is 4.72. The summed E-state index contributed by atoms with van der Waals surface area (Å²) >= 11 is 0. The lowest BCUT2D eigenvalue weighted by Crippen LogP contribution is -1.96. The van der Waals surface area contributed by atoms with Crippen molar-refractivity contribution in [2.45, 2.75) is 34.1 Å². The van der Waals surface area contributed by atoms with E-state index in [0.717, 1.165) is 6.42 Å². The van der Waals surface area contributed by atoms with Crippen LogP contribution in [-0.2, 0) is 6.42 Å². The van der Waals surface area contributed by atoms with Gasteiger partial charge in [-0.25, -0.2) is 0 Å². The second-order valence-electron chi connectivity index (χ2n) is 5.21. The molecule has 0 saturated heterocycles. The van der Waals surface area contributed by atoms with Gasteiger partial charge in [0.2, 0.25) is 0 Å². The average molecular weight is 237 g/mol. The zero-order chi connectivity index (χ0) is 13.1. The van der Waals surface area contributed by atoms with Crippen LogP contribution in [0.5, 0.6) is 0 Å². The van der Waals surface area contributed by atoms with Crippen LogP contribution in [0.25, 0.3) is 0 Å². The third-order valence-corrected chi connectivity index (χ3v) is 3.40. The van der Waals surface area contributed by atoms with Gasteiger partial charge in [-0.05, 0) is 62.8 Å². The molecule has 0 bridgehead atoms. The lowest BCUT2D eigenvalue weighted by Gasteiger charge is -2.11. The van der Waals surface area contributed by atoms with Gasteiger partial charge in [0, 0.05) is 0 Å². The molecule has 0 aliphatic rings. The van der Waals surface area contributed by atoms with Gasteiger partial charge in [0.25, 0.3) is 0 Å². The number of aryl methyl sites for hydroxylation is 4. The van der Waals surface area contributed by atoms with Crippen LogP contribution in [0.15, 0.2) is 36.4 Å². The zero-order valence-corrected chi connectivity index (χ0v) is 11.7. The summed E-state index contributed by atoms with van der Waals surface area (Å²) in [5.74, 6) is 0. The zero-order valence-electron chi connectivity index (χ0n) is 11.7. The van der Waals surface area contributed by atoms with Crippen LogP contribution in [0, 0.1) is 34.1 Å². The maximum absolute atomic E-state index is 2.34. The van der Waals surface area contributed by atoms with Crippen molar-refractivity contribution in [3.8, 4) is 0 Å². The molecule has 0 aliphatic heterocycles. The van der Waals surface area contributed by atoms with Crippen molar-refractivity contribution in [2.24, 2.45) is 0 Å². The van der Waals surface area contributed by atoms with Crippen molar-refractivity contribution in [1.29, 1.82) is 0 Å². The van der Waals surface area contributed by atoms with Crippen molar-refractivity contribution < 1.29 is 0 Å². The SMILES string of the molecule is Cc1ccc(C[CH]c2c(C)cc(C)cc2C)cc1. The highest BCUT2D eigenvalue weighted by molar-refractivity contribution is 5.43. The monoisotopic (exact) mass is 237 g/mol. The first-order valence-corrected chi connectivity index (χ1v) is 6.53. The molecule has 0 fully saturated rings. The topological polar surface area (TPSA) is 0 Å². The van der Waals surface area contributed by atoms with E-state index in [1.54, 1.807) is 0 Å².